The zero-order valence-electron chi connectivity index (χ0n) is 16.1. The first-order chi connectivity index (χ1) is 13.9. The lowest BCUT2D eigenvalue weighted by molar-refractivity contribution is -0.153. The molecule has 1 N–H and O–H groups in total. The Kier molecular flexibility index (Phi) is 4.70. The minimum atomic E-state index is -1.48. The Labute approximate surface area is 167 Å². The van der Waals surface area contributed by atoms with Crippen molar-refractivity contribution >= 4 is 17.8 Å². The number of benzene rings is 2. The van der Waals surface area contributed by atoms with Crippen LogP contribution in [0.2, 0.25) is 0 Å². The van der Waals surface area contributed by atoms with Crippen molar-refractivity contribution in [2.75, 3.05) is 14.2 Å². The van der Waals surface area contributed by atoms with Gasteiger partial charge in [0.2, 0.25) is 11.8 Å². The number of rotatable bonds is 4. The SMILES string of the molecule is COC(=O)[C@]1(Cc2ccccc2)N[C@@H](c2ccccc2F)[C@H]2C(=O)N(C)C(=O)[C@H]21. The Hall–Kier alpha value is -3.06. The van der Waals surface area contributed by atoms with E-state index in [4.69, 9.17) is 4.74 Å². The van der Waals surface area contributed by atoms with Crippen molar-refractivity contribution in [3.63, 3.8) is 0 Å². The van der Waals surface area contributed by atoms with Crippen molar-refractivity contribution in [3.05, 3.63) is 71.5 Å². The highest BCUT2D eigenvalue weighted by Crippen LogP contribution is 2.50. The number of imide groups is 1. The summed E-state index contributed by atoms with van der Waals surface area (Å²) in [7, 11) is 2.64. The Balaban J connectivity index is 1.88. The van der Waals surface area contributed by atoms with Gasteiger partial charge >= 0.3 is 5.97 Å². The zero-order valence-corrected chi connectivity index (χ0v) is 16.1. The van der Waals surface area contributed by atoms with Gasteiger partial charge in [0.25, 0.3) is 0 Å². The maximum absolute atomic E-state index is 14.6. The maximum atomic E-state index is 14.6. The van der Waals surface area contributed by atoms with Crippen LogP contribution in [0.15, 0.2) is 54.6 Å². The predicted octanol–water partition coefficient (Wildman–Crippen LogP) is 1.86. The van der Waals surface area contributed by atoms with Gasteiger partial charge < -0.3 is 4.74 Å². The summed E-state index contributed by atoms with van der Waals surface area (Å²) in [5, 5.41) is 3.16. The van der Waals surface area contributed by atoms with Gasteiger partial charge in [0.15, 0.2) is 0 Å². The highest BCUT2D eigenvalue weighted by molar-refractivity contribution is 6.09. The maximum Gasteiger partial charge on any atom is 0.327 e. The summed E-state index contributed by atoms with van der Waals surface area (Å²) in [6.07, 6.45) is 0.138. The number of hydrogen-bond donors (Lipinski definition) is 1. The fraction of sp³-hybridized carbons (Fsp3) is 0.318. The Morgan fingerprint density at radius 3 is 2.41 bits per heavy atom. The van der Waals surface area contributed by atoms with Crippen LogP contribution in [0.5, 0.6) is 0 Å². The molecule has 6 nitrogen and oxygen atoms in total. The minimum Gasteiger partial charge on any atom is -0.468 e. The number of nitrogens with one attached hydrogen (secondary N) is 1. The first-order valence-corrected chi connectivity index (χ1v) is 9.36. The molecule has 0 saturated carbocycles. The third-order valence-electron chi connectivity index (χ3n) is 5.99. The molecule has 4 rings (SSSR count). The van der Waals surface area contributed by atoms with Gasteiger partial charge in [0, 0.05) is 25.1 Å². The fourth-order valence-corrected chi connectivity index (χ4v) is 4.66. The average molecular weight is 396 g/mol. The molecule has 0 radical (unpaired) electrons. The topological polar surface area (TPSA) is 75.7 Å². The molecule has 0 aromatic heterocycles. The highest BCUT2D eigenvalue weighted by Gasteiger charge is 2.68. The van der Waals surface area contributed by atoms with E-state index >= 15 is 0 Å². The third-order valence-corrected chi connectivity index (χ3v) is 5.99. The van der Waals surface area contributed by atoms with Crippen LogP contribution < -0.4 is 5.32 Å². The summed E-state index contributed by atoms with van der Waals surface area (Å²) in [6.45, 7) is 0. The van der Waals surface area contributed by atoms with E-state index in [1.165, 1.54) is 20.2 Å². The monoisotopic (exact) mass is 396 g/mol. The molecule has 2 amide bonds. The van der Waals surface area contributed by atoms with Crippen LogP contribution in [0.3, 0.4) is 0 Å². The van der Waals surface area contributed by atoms with Gasteiger partial charge in [0.1, 0.15) is 11.4 Å². The van der Waals surface area contributed by atoms with Gasteiger partial charge in [-0.15, -0.1) is 0 Å². The summed E-state index contributed by atoms with van der Waals surface area (Å²) in [5.74, 6) is -3.93. The number of nitrogens with zero attached hydrogens (tertiary/aromatic N) is 1. The molecule has 2 aromatic rings. The lowest BCUT2D eigenvalue weighted by Gasteiger charge is -2.32. The van der Waals surface area contributed by atoms with Crippen LogP contribution in [0, 0.1) is 17.7 Å². The molecule has 2 fully saturated rings. The normalized spacial score (nSPS) is 28.5. The molecule has 2 heterocycles. The van der Waals surface area contributed by atoms with E-state index in [1.807, 2.05) is 30.3 Å². The second-order valence-electron chi connectivity index (χ2n) is 7.51. The number of halogens is 1. The largest absolute Gasteiger partial charge is 0.468 e. The van der Waals surface area contributed by atoms with E-state index in [1.54, 1.807) is 18.2 Å². The quantitative estimate of drug-likeness (QED) is 0.631. The van der Waals surface area contributed by atoms with Crippen molar-refractivity contribution in [2.24, 2.45) is 11.8 Å². The molecule has 2 saturated heterocycles. The summed E-state index contributed by atoms with van der Waals surface area (Å²) < 4.78 is 19.7. The summed E-state index contributed by atoms with van der Waals surface area (Å²) in [6, 6.07) is 14.4. The van der Waals surface area contributed by atoms with Crippen molar-refractivity contribution < 1.29 is 23.5 Å². The number of fused-ring (bicyclic) bond motifs is 1. The molecule has 0 unspecified atom stereocenters. The number of hydrogen-bond acceptors (Lipinski definition) is 5. The summed E-state index contributed by atoms with van der Waals surface area (Å²) in [5.41, 5.74) is -0.434. The first-order valence-electron chi connectivity index (χ1n) is 9.36. The Morgan fingerprint density at radius 2 is 1.76 bits per heavy atom. The number of ether oxygens (including phenoxy) is 1. The fourth-order valence-electron chi connectivity index (χ4n) is 4.66. The number of likely N-dealkylation sites (tertiary alicyclic amines) is 1. The predicted molar refractivity (Wildman–Crippen MR) is 102 cm³/mol. The van der Waals surface area contributed by atoms with Crippen LogP contribution in [-0.4, -0.2) is 42.4 Å². The molecule has 4 atom stereocenters. The van der Waals surface area contributed by atoms with E-state index in [9.17, 15) is 18.8 Å². The van der Waals surface area contributed by atoms with Crippen molar-refractivity contribution in [3.8, 4) is 0 Å². The molecule has 0 bridgehead atoms. The standard InChI is InChI=1S/C22H21FN2O4/c1-25-19(26)16-17(20(25)27)22(21(28)29-2,12-13-8-4-3-5-9-13)24-18(16)14-10-6-7-11-15(14)23/h3-11,16-18,24H,12H2,1-2H3/t16-,17-,18-,22+/m0/s1. The van der Waals surface area contributed by atoms with Gasteiger partial charge in [-0.25, -0.2) is 4.39 Å². The first kappa shape index (κ1) is 19.3. The second-order valence-corrected chi connectivity index (χ2v) is 7.51. The molecule has 2 aliphatic heterocycles. The van der Waals surface area contributed by atoms with Gasteiger partial charge in [-0.3, -0.25) is 24.6 Å². The van der Waals surface area contributed by atoms with E-state index in [-0.39, 0.29) is 12.0 Å². The van der Waals surface area contributed by atoms with Crippen molar-refractivity contribution in [1.82, 2.24) is 10.2 Å². The molecule has 0 aliphatic carbocycles. The molecule has 2 aromatic carbocycles. The van der Waals surface area contributed by atoms with E-state index in [0.717, 1.165) is 10.5 Å². The third kappa shape index (κ3) is 2.84. The molecule has 2 aliphatic rings. The zero-order chi connectivity index (χ0) is 20.8. The van der Waals surface area contributed by atoms with Gasteiger partial charge in [-0.2, -0.15) is 0 Å². The van der Waals surface area contributed by atoms with Gasteiger partial charge in [-0.1, -0.05) is 48.5 Å². The lowest BCUT2D eigenvalue weighted by Crippen LogP contribution is -2.57. The van der Waals surface area contributed by atoms with Gasteiger partial charge in [-0.05, 0) is 11.6 Å². The van der Waals surface area contributed by atoms with Crippen LogP contribution in [0.1, 0.15) is 17.2 Å². The summed E-state index contributed by atoms with van der Waals surface area (Å²) >= 11 is 0. The van der Waals surface area contributed by atoms with E-state index in [0.29, 0.717) is 0 Å². The molecular weight excluding hydrogens is 375 g/mol. The number of methoxy groups -OCH3 is 1. The molecule has 7 heteroatoms. The molecule has 29 heavy (non-hydrogen) atoms. The molecular formula is C22H21FN2O4. The minimum absolute atomic E-state index is 0.138. The molecule has 150 valence electrons. The van der Waals surface area contributed by atoms with Crippen molar-refractivity contribution in [1.29, 1.82) is 0 Å². The van der Waals surface area contributed by atoms with Crippen LogP contribution in [0.25, 0.3) is 0 Å². The summed E-state index contributed by atoms with van der Waals surface area (Å²) in [4.78, 5) is 40.1. The van der Waals surface area contributed by atoms with Crippen molar-refractivity contribution in [2.45, 2.75) is 18.0 Å². The number of amides is 2. The Bertz CT molecular complexity index is 980. The smallest absolute Gasteiger partial charge is 0.327 e. The Morgan fingerprint density at radius 1 is 1.10 bits per heavy atom. The lowest BCUT2D eigenvalue weighted by atomic mass is 9.76. The van der Waals surface area contributed by atoms with Crippen LogP contribution in [0.4, 0.5) is 4.39 Å². The second kappa shape index (κ2) is 7.08. The molecule has 0 spiro atoms. The van der Waals surface area contributed by atoms with Crippen LogP contribution >= 0.6 is 0 Å². The van der Waals surface area contributed by atoms with E-state index < -0.39 is 47.0 Å². The average Bonchev–Trinajstić information content (AvgIpc) is 3.18. The number of esters is 1. The van der Waals surface area contributed by atoms with Crippen LogP contribution in [-0.2, 0) is 25.5 Å². The van der Waals surface area contributed by atoms with E-state index in [2.05, 4.69) is 5.32 Å². The number of carbonyl (C=O) groups excluding carboxylic acids is 3. The number of carbonyl (C=O) groups is 3. The highest BCUT2D eigenvalue weighted by atomic mass is 19.1. The van der Waals surface area contributed by atoms with Gasteiger partial charge in [0.05, 0.1) is 18.9 Å².